The molecule has 0 heterocycles. The smallest absolute Gasteiger partial charge is 0.426 e. The maximum atomic E-state index is 11.3. The van der Waals surface area contributed by atoms with Crippen LogP contribution in [0.25, 0.3) is 0 Å². The Morgan fingerprint density at radius 1 is 1.16 bits per heavy atom. The van der Waals surface area contributed by atoms with E-state index in [0.717, 1.165) is 12.0 Å². The third-order valence-electron chi connectivity index (χ3n) is 2.19. The van der Waals surface area contributed by atoms with E-state index in [1.165, 1.54) is 0 Å². The summed E-state index contributed by atoms with van der Waals surface area (Å²) >= 11 is 0. The first kappa shape index (κ1) is 15.0. The lowest BCUT2D eigenvalue weighted by atomic mass is 10.2. The molecule has 1 rings (SSSR count). The van der Waals surface area contributed by atoms with Crippen molar-refractivity contribution in [3.05, 3.63) is 35.9 Å². The standard InChI is InChI=1S/C13H18N2O4/c1-2-19-13(17)15-14-12(16)10-18-9-8-11-6-4-3-5-7-11/h3-7H,2,8-10H2,1H3,(H,14,16)(H,15,17). The number of benzene rings is 1. The zero-order valence-electron chi connectivity index (χ0n) is 10.8. The summed E-state index contributed by atoms with van der Waals surface area (Å²) in [6.45, 7) is 2.25. The second-order valence-electron chi connectivity index (χ2n) is 3.68. The molecule has 0 aliphatic heterocycles. The SMILES string of the molecule is CCOC(=O)NNC(=O)COCCc1ccccc1. The number of rotatable bonds is 6. The Kier molecular flexibility index (Phi) is 7.04. The van der Waals surface area contributed by atoms with Crippen LogP contribution in [0.2, 0.25) is 0 Å². The monoisotopic (exact) mass is 266 g/mol. The fourth-order valence-electron chi connectivity index (χ4n) is 1.32. The van der Waals surface area contributed by atoms with Crippen LogP contribution in [0.4, 0.5) is 4.79 Å². The van der Waals surface area contributed by atoms with Gasteiger partial charge in [0, 0.05) is 0 Å². The Hall–Kier alpha value is -2.08. The number of hydrazine groups is 1. The number of hydrogen-bond acceptors (Lipinski definition) is 4. The maximum absolute atomic E-state index is 11.3. The Bertz CT molecular complexity index is 395. The molecule has 0 aliphatic carbocycles. The van der Waals surface area contributed by atoms with Gasteiger partial charge in [0.05, 0.1) is 13.2 Å². The van der Waals surface area contributed by atoms with Gasteiger partial charge in [-0.1, -0.05) is 30.3 Å². The molecule has 2 N–H and O–H groups in total. The van der Waals surface area contributed by atoms with Gasteiger partial charge in [-0.2, -0.15) is 0 Å². The van der Waals surface area contributed by atoms with Crippen LogP contribution in [0.3, 0.4) is 0 Å². The summed E-state index contributed by atoms with van der Waals surface area (Å²) in [5.74, 6) is -0.430. The highest BCUT2D eigenvalue weighted by Gasteiger charge is 2.04. The predicted octanol–water partition coefficient (Wildman–Crippen LogP) is 1.02. The van der Waals surface area contributed by atoms with Crippen LogP contribution < -0.4 is 10.9 Å². The van der Waals surface area contributed by atoms with Crippen molar-refractivity contribution in [1.29, 1.82) is 0 Å². The number of carbonyl (C=O) groups is 2. The second kappa shape index (κ2) is 8.93. The molecular weight excluding hydrogens is 248 g/mol. The van der Waals surface area contributed by atoms with Crippen molar-refractivity contribution >= 4 is 12.0 Å². The van der Waals surface area contributed by atoms with Gasteiger partial charge in [0.15, 0.2) is 0 Å². The van der Waals surface area contributed by atoms with Crippen LogP contribution in [-0.2, 0) is 20.7 Å². The minimum atomic E-state index is -0.694. The summed E-state index contributed by atoms with van der Waals surface area (Å²) in [4.78, 5) is 22.1. The van der Waals surface area contributed by atoms with Gasteiger partial charge in [0.1, 0.15) is 6.61 Å². The number of carbonyl (C=O) groups excluding carboxylic acids is 2. The number of amides is 2. The van der Waals surface area contributed by atoms with E-state index < -0.39 is 12.0 Å². The van der Waals surface area contributed by atoms with Crippen molar-refractivity contribution in [3.63, 3.8) is 0 Å². The van der Waals surface area contributed by atoms with E-state index in [1.807, 2.05) is 30.3 Å². The van der Waals surface area contributed by atoms with Gasteiger partial charge in [0.2, 0.25) is 0 Å². The van der Waals surface area contributed by atoms with Crippen molar-refractivity contribution in [1.82, 2.24) is 10.9 Å². The topological polar surface area (TPSA) is 76.7 Å². The second-order valence-corrected chi connectivity index (χ2v) is 3.68. The van der Waals surface area contributed by atoms with Crippen LogP contribution in [0.5, 0.6) is 0 Å². The van der Waals surface area contributed by atoms with Crippen LogP contribution in [-0.4, -0.2) is 31.8 Å². The maximum Gasteiger partial charge on any atom is 0.426 e. The fraction of sp³-hybridized carbons (Fsp3) is 0.385. The summed E-state index contributed by atoms with van der Waals surface area (Å²) in [5.41, 5.74) is 5.42. The summed E-state index contributed by atoms with van der Waals surface area (Å²) in [6.07, 6.45) is 0.0412. The molecule has 0 aliphatic rings. The highest BCUT2D eigenvalue weighted by Crippen LogP contribution is 1.99. The molecule has 0 radical (unpaired) electrons. The summed E-state index contributed by atoms with van der Waals surface area (Å²) in [6, 6.07) is 9.83. The molecular formula is C13H18N2O4. The lowest BCUT2D eigenvalue weighted by molar-refractivity contribution is -0.126. The first-order valence-electron chi connectivity index (χ1n) is 6.05. The molecule has 6 heteroatoms. The molecule has 2 amide bonds. The molecule has 1 aromatic rings. The van der Waals surface area contributed by atoms with Crippen LogP contribution in [0, 0.1) is 0 Å². The minimum absolute atomic E-state index is 0.112. The average Bonchev–Trinajstić information content (AvgIpc) is 2.43. The van der Waals surface area contributed by atoms with Gasteiger partial charge < -0.3 is 9.47 Å². The molecule has 0 aromatic heterocycles. The third kappa shape index (κ3) is 7.05. The van der Waals surface area contributed by atoms with Crippen LogP contribution >= 0.6 is 0 Å². The molecule has 0 saturated heterocycles. The number of hydrogen-bond donors (Lipinski definition) is 2. The van der Waals surface area contributed by atoms with Crippen LogP contribution in [0.1, 0.15) is 12.5 Å². The summed E-state index contributed by atoms with van der Waals surface area (Å²) in [7, 11) is 0. The van der Waals surface area contributed by atoms with Crippen molar-refractivity contribution in [3.8, 4) is 0 Å². The zero-order chi connectivity index (χ0) is 13.9. The van der Waals surface area contributed by atoms with E-state index in [0.29, 0.717) is 6.61 Å². The van der Waals surface area contributed by atoms with E-state index in [4.69, 9.17) is 4.74 Å². The van der Waals surface area contributed by atoms with Gasteiger partial charge >= 0.3 is 6.09 Å². The molecule has 0 fully saturated rings. The Labute approximate surface area is 112 Å². The fourth-order valence-corrected chi connectivity index (χ4v) is 1.32. The highest BCUT2D eigenvalue weighted by molar-refractivity contribution is 5.79. The first-order valence-corrected chi connectivity index (χ1v) is 6.05. The first-order chi connectivity index (χ1) is 9.22. The Balaban J connectivity index is 2.06. The van der Waals surface area contributed by atoms with E-state index in [9.17, 15) is 9.59 Å². The molecule has 19 heavy (non-hydrogen) atoms. The van der Waals surface area contributed by atoms with E-state index in [2.05, 4.69) is 15.6 Å². The Morgan fingerprint density at radius 3 is 2.58 bits per heavy atom. The molecule has 1 aromatic carbocycles. The largest absolute Gasteiger partial charge is 0.449 e. The molecule has 0 saturated carbocycles. The predicted molar refractivity (Wildman–Crippen MR) is 69.3 cm³/mol. The average molecular weight is 266 g/mol. The van der Waals surface area contributed by atoms with Gasteiger partial charge in [0.25, 0.3) is 5.91 Å². The van der Waals surface area contributed by atoms with Crippen molar-refractivity contribution in [2.45, 2.75) is 13.3 Å². The van der Waals surface area contributed by atoms with Gasteiger partial charge in [-0.3, -0.25) is 10.2 Å². The van der Waals surface area contributed by atoms with Crippen molar-refractivity contribution < 1.29 is 19.1 Å². The Morgan fingerprint density at radius 2 is 1.89 bits per heavy atom. The van der Waals surface area contributed by atoms with Gasteiger partial charge in [-0.05, 0) is 18.9 Å². The minimum Gasteiger partial charge on any atom is -0.449 e. The lowest BCUT2D eigenvalue weighted by Gasteiger charge is -2.07. The van der Waals surface area contributed by atoms with Gasteiger partial charge in [-0.25, -0.2) is 10.2 Å². The van der Waals surface area contributed by atoms with Crippen molar-refractivity contribution in [2.24, 2.45) is 0 Å². The molecule has 0 unspecified atom stereocenters. The van der Waals surface area contributed by atoms with E-state index >= 15 is 0 Å². The number of ether oxygens (including phenoxy) is 2. The number of nitrogens with one attached hydrogen (secondary N) is 2. The molecule has 104 valence electrons. The molecule has 0 spiro atoms. The third-order valence-corrected chi connectivity index (χ3v) is 2.19. The zero-order valence-corrected chi connectivity index (χ0v) is 10.8. The summed E-state index contributed by atoms with van der Waals surface area (Å²) in [5, 5.41) is 0. The van der Waals surface area contributed by atoms with Crippen LogP contribution in [0.15, 0.2) is 30.3 Å². The molecule has 6 nitrogen and oxygen atoms in total. The van der Waals surface area contributed by atoms with Gasteiger partial charge in [-0.15, -0.1) is 0 Å². The molecule has 0 bridgehead atoms. The van der Waals surface area contributed by atoms with Crippen molar-refractivity contribution in [2.75, 3.05) is 19.8 Å². The lowest BCUT2D eigenvalue weighted by Crippen LogP contribution is -2.43. The quantitative estimate of drug-likeness (QED) is 0.595. The summed E-state index contributed by atoms with van der Waals surface area (Å²) < 4.78 is 9.76. The normalized spacial score (nSPS) is 9.74. The van der Waals surface area contributed by atoms with E-state index in [1.54, 1.807) is 6.92 Å². The van der Waals surface area contributed by atoms with E-state index in [-0.39, 0.29) is 13.2 Å². The molecule has 0 atom stereocenters. The highest BCUT2D eigenvalue weighted by atomic mass is 16.6.